The highest BCUT2D eigenvalue weighted by Gasteiger charge is 2.54. The van der Waals surface area contributed by atoms with E-state index in [1.807, 2.05) is 0 Å². The van der Waals surface area contributed by atoms with Gasteiger partial charge in [-0.2, -0.15) is 22.0 Å². The quantitative estimate of drug-likeness (QED) is 0.124. The van der Waals surface area contributed by atoms with Gasteiger partial charge in [0, 0.05) is 40.4 Å². The number of anilines is 2. The third kappa shape index (κ3) is 7.22. The molecule has 0 radical (unpaired) electrons. The molecule has 15 heteroatoms. The van der Waals surface area contributed by atoms with Gasteiger partial charge in [-0.15, -0.1) is 0 Å². The number of amides is 1. The molecule has 1 amide bonds. The van der Waals surface area contributed by atoms with Crippen molar-refractivity contribution in [3.8, 4) is 11.5 Å². The van der Waals surface area contributed by atoms with Gasteiger partial charge < -0.3 is 29.6 Å². The molecule has 3 aromatic rings. The van der Waals surface area contributed by atoms with E-state index in [0.717, 1.165) is 44.4 Å². The highest BCUT2D eigenvalue weighted by atomic mass is 35.5. The fraction of sp³-hybridized carbons (Fsp3) is 0.344. The van der Waals surface area contributed by atoms with E-state index >= 15 is 0 Å². The van der Waals surface area contributed by atoms with Crippen LogP contribution in [0.5, 0.6) is 11.5 Å². The maximum absolute atomic E-state index is 14.4. The second kappa shape index (κ2) is 12.5. The molecule has 3 aromatic carbocycles. The number of nitrogens with zero attached hydrogens (tertiary/aromatic N) is 2. The van der Waals surface area contributed by atoms with E-state index in [1.165, 1.54) is 30.2 Å². The van der Waals surface area contributed by atoms with Gasteiger partial charge in [0.2, 0.25) is 5.60 Å². The van der Waals surface area contributed by atoms with Gasteiger partial charge in [-0.25, -0.2) is 4.79 Å². The Bertz CT molecular complexity index is 1710. The van der Waals surface area contributed by atoms with Crippen LogP contribution in [-0.2, 0) is 19.8 Å². The zero-order valence-electron chi connectivity index (χ0n) is 25.2. The van der Waals surface area contributed by atoms with Gasteiger partial charge in [0.1, 0.15) is 17.5 Å². The van der Waals surface area contributed by atoms with Crippen LogP contribution in [0.4, 0.5) is 33.3 Å². The average Bonchev–Trinajstić information content (AvgIpc) is 3.70. The zero-order chi connectivity index (χ0) is 34.3. The Balaban J connectivity index is 1.56. The first-order chi connectivity index (χ1) is 22.0. The second-order valence-electron chi connectivity index (χ2n) is 11.7. The predicted octanol–water partition coefficient (Wildman–Crippen LogP) is 7.33. The number of oxime groups is 1. The summed E-state index contributed by atoms with van der Waals surface area (Å²) in [7, 11) is 1.23. The maximum atomic E-state index is 14.4. The van der Waals surface area contributed by atoms with Gasteiger partial charge in [-0.1, -0.05) is 35.0 Å². The lowest BCUT2D eigenvalue weighted by Crippen LogP contribution is -2.38. The Labute approximate surface area is 270 Å². The van der Waals surface area contributed by atoms with E-state index in [4.69, 9.17) is 21.2 Å². The summed E-state index contributed by atoms with van der Waals surface area (Å²) in [5, 5.41) is 15.8. The highest BCUT2D eigenvalue weighted by molar-refractivity contribution is 6.30. The summed E-state index contributed by atoms with van der Waals surface area (Å²) in [5.41, 5.74) is -2.89. The number of carbonyl (C=O) groups excluding carboxylic acids is 1. The van der Waals surface area contributed by atoms with Gasteiger partial charge in [0.15, 0.2) is 5.71 Å². The second-order valence-corrected chi connectivity index (χ2v) is 12.1. The van der Waals surface area contributed by atoms with Gasteiger partial charge in [0.05, 0.1) is 12.8 Å². The molecule has 1 heterocycles. The topological polar surface area (TPSA) is 110 Å². The summed E-state index contributed by atoms with van der Waals surface area (Å²) < 4.78 is 78.6. The maximum Gasteiger partial charge on any atom is 0.437 e. The number of carbonyl (C=O) groups is 2. The summed E-state index contributed by atoms with van der Waals surface area (Å²) in [6.45, 7) is -0.738. The number of methoxy groups -OCH3 is 1. The minimum absolute atomic E-state index is 0.0115. The predicted molar refractivity (Wildman–Crippen MR) is 163 cm³/mol. The molecule has 0 aromatic heterocycles. The van der Waals surface area contributed by atoms with E-state index in [0.29, 0.717) is 16.3 Å². The number of carboxylic acids is 1. The fourth-order valence-electron chi connectivity index (χ4n) is 5.28. The minimum Gasteiger partial charge on any atom is -0.497 e. The lowest BCUT2D eigenvalue weighted by Gasteiger charge is -2.27. The van der Waals surface area contributed by atoms with E-state index in [2.05, 4.69) is 15.2 Å². The molecule has 0 bridgehead atoms. The molecule has 1 aliphatic carbocycles. The van der Waals surface area contributed by atoms with E-state index in [-0.39, 0.29) is 29.1 Å². The summed E-state index contributed by atoms with van der Waals surface area (Å²) in [6.07, 6.45) is -3.53. The first kappa shape index (κ1) is 33.8. The molecular weight excluding hydrogens is 653 g/mol. The van der Waals surface area contributed by atoms with Crippen molar-refractivity contribution < 1.29 is 51.0 Å². The van der Waals surface area contributed by atoms with E-state index < -0.39 is 47.6 Å². The van der Waals surface area contributed by atoms with Gasteiger partial charge in [-0.05, 0) is 68.1 Å². The number of rotatable bonds is 11. The lowest BCUT2D eigenvalue weighted by molar-refractivity contribution is -0.161. The average molecular weight is 682 g/mol. The molecular formula is C32H29ClF5N3O6. The third-order valence-corrected chi connectivity index (χ3v) is 8.21. The van der Waals surface area contributed by atoms with Crippen LogP contribution in [0.2, 0.25) is 5.02 Å². The molecule has 2 aliphatic rings. The molecule has 1 unspecified atom stereocenters. The molecule has 1 aliphatic heterocycles. The molecule has 1 atom stereocenters. The molecule has 2 N–H and O–H groups in total. The smallest absolute Gasteiger partial charge is 0.437 e. The van der Waals surface area contributed by atoms with E-state index in [9.17, 15) is 36.6 Å². The molecule has 5 rings (SSSR count). The standard InChI is InChI=1S/C32H29ClF5N3O6/c1-30(2,28(43)44)47-40-26(32(36,37)38)18-12-20(14-22(13-18)45-3)39-25(17-4-6-19(33)7-5-17)27(42)41-16-31(10-11-31)23-9-8-21(15-24(23)41)46-29(34)35/h4-9,12-15,25,29,39H,10-11,16H2,1-3H3,(H,43,44). The molecule has 1 spiro atoms. The van der Waals surface area contributed by atoms with Crippen LogP contribution in [0.3, 0.4) is 0 Å². The summed E-state index contributed by atoms with van der Waals surface area (Å²) in [5.74, 6) is -2.23. The number of hydrogen-bond acceptors (Lipinski definition) is 7. The number of benzene rings is 3. The van der Waals surface area contributed by atoms with Gasteiger partial charge in [-0.3, -0.25) is 4.79 Å². The number of nitrogens with one attached hydrogen (secondary N) is 1. The summed E-state index contributed by atoms with van der Waals surface area (Å²) in [6, 6.07) is 13.0. The van der Waals surface area contributed by atoms with Crippen molar-refractivity contribution in [2.24, 2.45) is 5.16 Å². The number of carboxylic acid groups (broad SMARTS) is 1. The first-order valence-electron chi connectivity index (χ1n) is 14.2. The minimum atomic E-state index is -5.08. The van der Waals surface area contributed by atoms with Crippen LogP contribution < -0.4 is 19.7 Å². The monoisotopic (exact) mass is 681 g/mol. The van der Waals surface area contributed by atoms with Crippen molar-refractivity contribution >= 4 is 40.6 Å². The van der Waals surface area contributed by atoms with Crippen molar-refractivity contribution in [1.82, 2.24) is 0 Å². The largest absolute Gasteiger partial charge is 0.497 e. The van der Waals surface area contributed by atoms with Crippen LogP contribution in [0.1, 0.15) is 49.4 Å². The van der Waals surface area contributed by atoms with Crippen molar-refractivity contribution in [1.29, 1.82) is 0 Å². The van der Waals surface area contributed by atoms with Crippen LogP contribution in [0.25, 0.3) is 0 Å². The third-order valence-electron chi connectivity index (χ3n) is 7.96. The summed E-state index contributed by atoms with van der Waals surface area (Å²) >= 11 is 6.10. The number of aliphatic carboxylic acids is 1. The fourth-order valence-corrected chi connectivity index (χ4v) is 5.40. The highest BCUT2D eigenvalue weighted by Crippen LogP contribution is 2.57. The Hall–Kier alpha value is -4.59. The summed E-state index contributed by atoms with van der Waals surface area (Å²) in [4.78, 5) is 32.0. The lowest BCUT2D eigenvalue weighted by atomic mass is 9.99. The van der Waals surface area contributed by atoms with Crippen LogP contribution >= 0.6 is 11.6 Å². The molecule has 9 nitrogen and oxygen atoms in total. The van der Waals surface area contributed by atoms with Crippen LogP contribution in [0.15, 0.2) is 65.8 Å². The van der Waals surface area contributed by atoms with Crippen molar-refractivity contribution in [3.63, 3.8) is 0 Å². The first-order valence-corrected chi connectivity index (χ1v) is 14.6. The molecule has 250 valence electrons. The van der Waals surface area contributed by atoms with Crippen molar-refractivity contribution in [3.05, 3.63) is 82.4 Å². The Morgan fingerprint density at radius 2 is 1.70 bits per heavy atom. The SMILES string of the molecule is COc1cc(NC(C(=O)N2CC3(CC3)c3ccc(OC(F)F)cc32)c2ccc(Cl)cc2)cc(C(=NOC(C)(C)C(=O)O)C(F)(F)F)c1. The van der Waals surface area contributed by atoms with E-state index in [1.54, 1.807) is 30.3 Å². The number of hydrogen-bond donors (Lipinski definition) is 2. The number of ether oxygens (including phenoxy) is 2. The van der Waals surface area contributed by atoms with Gasteiger partial charge >= 0.3 is 18.8 Å². The van der Waals surface area contributed by atoms with Crippen molar-refractivity contribution in [2.45, 2.75) is 56.5 Å². The van der Waals surface area contributed by atoms with Crippen molar-refractivity contribution in [2.75, 3.05) is 23.9 Å². The van der Waals surface area contributed by atoms with Gasteiger partial charge in [0.25, 0.3) is 5.91 Å². The normalized spacial score (nSPS) is 16.1. The van der Waals surface area contributed by atoms with Crippen LogP contribution in [0, 0.1) is 0 Å². The Kier molecular flexibility index (Phi) is 9.01. The number of halogens is 6. The molecule has 1 saturated carbocycles. The Morgan fingerprint density at radius 1 is 1.02 bits per heavy atom. The molecule has 0 saturated heterocycles. The molecule has 1 fully saturated rings. The zero-order valence-corrected chi connectivity index (χ0v) is 26.0. The molecule has 47 heavy (non-hydrogen) atoms. The number of alkyl halides is 5. The number of fused-ring (bicyclic) bond motifs is 2. The van der Waals surface area contributed by atoms with Crippen LogP contribution in [-0.4, -0.2) is 54.7 Å². The Morgan fingerprint density at radius 3 is 2.28 bits per heavy atom.